The minimum absolute atomic E-state index is 0.00706. The van der Waals surface area contributed by atoms with E-state index in [0.29, 0.717) is 18.7 Å². The molecule has 2 rings (SSSR count). The number of nitrogens with two attached hydrogens (primary N) is 1. The van der Waals surface area contributed by atoms with Crippen LogP contribution in [0.5, 0.6) is 0 Å². The number of hydrogen-bond acceptors (Lipinski definition) is 4. The summed E-state index contributed by atoms with van der Waals surface area (Å²) in [4.78, 5) is 4.01. The summed E-state index contributed by atoms with van der Waals surface area (Å²) in [6, 6.07) is 1.64. The maximum atomic E-state index is 13.1. The highest BCUT2D eigenvalue weighted by atomic mass is 19.2. The van der Waals surface area contributed by atoms with Crippen LogP contribution in [0.3, 0.4) is 0 Å². The van der Waals surface area contributed by atoms with Crippen molar-refractivity contribution < 1.29 is 17.7 Å². The highest BCUT2D eigenvalue weighted by Gasteiger charge is 2.17. The first kappa shape index (κ1) is 14.5. The lowest BCUT2D eigenvalue weighted by Crippen LogP contribution is -2.32. The molecule has 0 bridgehead atoms. The number of aryl methyl sites for hydroxylation is 1. The zero-order valence-electron chi connectivity index (χ0n) is 11.1. The molecule has 2 N–H and O–H groups in total. The van der Waals surface area contributed by atoms with Crippen LogP contribution in [0.2, 0.25) is 0 Å². The van der Waals surface area contributed by atoms with E-state index in [-0.39, 0.29) is 16.9 Å². The van der Waals surface area contributed by atoms with E-state index in [1.165, 1.54) is 0 Å². The predicted octanol–water partition coefficient (Wildman–Crippen LogP) is 2.82. The molecule has 20 heavy (non-hydrogen) atoms. The van der Waals surface area contributed by atoms with Crippen LogP contribution >= 0.6 is 0 Å². The van der Waals surface area contributed by atoms with E-state index >= 15 is 0 Å². The molecule has 1 heterocycles. The Labute approximate surface area is 113 Å². The highest BCUT2D eigenvalue weighted by Crippen LogP contribution is 2.22. The largest absolute Gasteiger partial charge is 0.339 e. The quantitative estimate of drug-likeness (QED) is 0.877. The molecule has 0 unspecified atom stereocenters. The normalized spacial score (nSPS) is 11.9. The highest BCUT2D eigenvalue weighted by molar-refractivity contribution is 5.54. The van der Waals surface area contributed by atoms with Crippen LogP contribution in [0.1, 0.15) is 26.2 Å². The average Bonchev–Trinajstić information content (AvgIpc) is 2.81. The molecule has 0 aliphatic rings. The van der Waals surface area contributed by atoms with Crippen LogP contribution in [0.15, 0.2) is 16.7 Å². The molecular formula is C13H14F3N3O. The smallest absolute Gasteiger partial charge is 0.227 e. The summed E-state index contributed by atoms with van der Waals surface area (Å²) < 4.78 is 44.1. The molecule has 0 fully saturated rings. The van der Waals surface area contributed by atoms with Crippen molar-refractivity contribution in [3.63, 3.8) is 0 Å². The van der Waals surface area contributed by atoms with Crippen molar-refractivity contribution >= 4 is 0 Å². The molecule has 0 radical (unpaired) electrons. The number of benzene rings is 1. The predicted molar refractivity (Wildman–Crippen MR) is 66.2 cm³/mol. The monoisotopic (exact) mass is 285 g/mol. The molecule has 0 saturated heterocycles. The molecule has 2 aromatic rings. The maximum absolute atomic E-state index is 13.1. The standard InChI is InChI=1S/C13H14F3N3O/c1-13(2,17)4-3-10-18-12(19-20-10)7-5-8(14)11(16)9(15)6-7/h5-6H,3-4,17H2,1-2H3. The second-order valence-corrected chi connectivity index (χ2v) is 5.25. The number of nitrogens with zero attached hydrogens (tertiary/aromatic N) is 2. The molecule has 1 aromatic carbocycles. The first-order valence-electron chi connectivity index (χ1n) is 6.02. The van der Waals surface area contributed by atoms with E-state index in [4.69, 9.17) is 10.3 Å². The van der Waals surface area contributed by atoms with Crippen LogP contribution in [0, 0.1) is 17.5 Å². The van der Waals surface area contributed by atoms with Gasteiger partial charge in [-0.3, -0.25) is 0 Å². The van der Waals surface area contributed by atoms with E-state index in [9.17, 15) is 13.2 Å². The fourth-order valence-electron chi connectivity index (χ4n) is 1.59. The van der Waals surface area contributed by atoms with Gasteiger partial charge < -0.3 is 10.3 Å². The first-order chi connectivity index (χ1) is 9.26. The Morgan fingerprint density at radius 1 is 1.20 bits per heavy atom. The Morgan fingerprint density at radius 3 is 2.35 bits per heavy atom. The third-order valence-electron chi connectivity index (χ3n) is 2.69. The fourth-order valence-corrected chi connectivity index (χ4v) is 1.59. The minimum Gasteiger partial charge on any atom is -0.339 e. The van der Waals surface area contributed by atoms with E-state index in [1.54, 1.807) is 0 Å². The molecule has 0 aliphatic carbocycles. The molecule has 0 spiro atoms. The van der Waals surface area contributed by atoms with Gasteiger partial charge in [-0.15, -0.1) is 0 Å². The van der Waals surface area contributed by atoms with Gasteiger partial charge in [-0.1, -0.05) is 5.16 Å². The van der Waals surface area contributed by atoms with Gasteiger partial charge in [0.15, 0.2) is 17.5 Å². The number of hydrogen-bond donors (Lipinski definition) is 1. The van der Waals surface area contributed by atoms with Crippen molar-refractivity contribution in [1.82, 2.24) is 10.1 Å². The summed E-state index contributed by atoms with van der Waals surface area (Å²) in [6.07, 6.45) is 1.06. The van der Waals surface area contributed by atoms with Crippen molar-refractivity contribution in [2.75, 3.05) is 0 Å². The molecule has 0 saturated carbocycles. The zero-order chi connectivity index (χ0) is 14.9. The number of halogens is 3. The van der Waals surface area contributed by atoms with Crippen molar-refractivity contribution in [3.05, 3.63) is 35.5 Å². The second-order valence-electron chi connectivity index (χ2n) is 5.25. The van der Waals surface area contributed by atoms with Crippen molar-refractivity contribution in [2.24, 2.45) is 5.73 Å². The lowest BCUT2D eigenvalue weighted by molar-refractivity contribution is 0.358. The lowest BCUT2D eigenvalue weighted by atomic mass is 10.0. The van der Waals surface area contributed by atoms with Gasteiger partial charge in [-0.25, -0.2) is 13.2 Å². The topological polar surface area (TPSA) is 64.9 Å². The second kappa shape index (κ2) is 5.24. The number of aromatic nitrogens is 2. The van der Waals surface area contributed by atoms with Gasteiger partial charge in [0.2, 0.25) is 11.7 Å². The first-order valence-corrected chi connectivity index (χ1v) is 6.02. The summed E-state index contributed by atoms with van der Waals surface area (Å²) in [5.74, 6) is -3.80. The molecule has 108 valence electrons. The van der Waals surface area contributed by atoms with Gasteiger partial charge in [-0.2, -0.15) is 4.98 Å². The molecule has 0 aliphatic heterocycles. The molecule has 7 heteroatoms. The van der Waals surface area contributed by atoms with Gasteiger partial charge in [0, 0.05) is 17.5 Å². The molecule has 1 aromatic heterocycles. The van der Waals surface area contributed by atoms with Crippen LogP contribution in [0.25, 0.3) is 11.4 Å². The summed E-state index contributed by atoms with van der Waals surface area (Å²) in [6.45, 7) is 3.71. The van der Waals surface area contributed by atoms with Crippen LogP contribution in [0.4, 0.5) is 13.2 Å². The third kappa shape index (κ3) is 3.36. The van der Waals surface area contributed by atoms with Crippen LogP contribution in [-0.2, 0) is 6.42 Å². The molecular weight excluding hydrogens is 271 g/mol. The lowest BCUT2D eigenvalue weighted by Gasteiger charge is -2.16. The van der Waals surface area contributed by atoms with Crippen LogP contribution < -0.4 is 5.73 Å². The Bertz CT molecular complexity index is 597. The Morgan fingerprint density at radius 2 is 1.80 bits per heavy atom. The SMILES string of the molecule is CC(C)(N)CCc1nc(-c2cc(F)c(F)c(F)c2)no1. The van der Waals surface area contributed by atoms with Gasteiger partial charge in [0.05, 0.1) is 0 Å². The summed E-state index contributed by atoms with van der Waals surface area (Å²) in [7, 11) is 0. The minimum atomic E-state index is -1.53. The Hall–Kier alpha value is -1.89. The molecule has 0 atom stereocenters. The van der Waals surface area contributed by atoms with Gasteiger partial charge >= 0.3 is 0 Å². The zero-order valence-corrected chi connectivity index (χ0v) is 11.1. The average molecular weight is 285 g/mol. The maximum Gasteiger partial charge on any atom is 0.227 e. The number of rotatable bonds is 4. The van der Waals surface area contributed by atoms with Gasteiger partial charge in [-0.05, 0) is 32.4 Å². The van der Waals surface area contributed by atoms with Gasteiger partial charge in [0.25, 0.3) is 0 Å². The third-order valence-corrected chi connectivity index (χ3v) is 2.69. The summed E-state index contributed by atoms with van der Waals surface area (Å²) in [5.41, 5.74) is 5.46. The van der Waals surface area contributed by atoms with Crippen molar-refractivity contribution in [1.29, 1.82) is 0 Å². The molecule has 4 nitrogen and oxygen atoms in total. The van der Waals surface area contributed by atoms with Crippen molar-refractivity contribution in [2.45, 2.75) is 32.2 Å². The van der Waals surface area contributed by atoms with Gasteiger partial charge in [0.1, 0.15) is 0 Å². The van der Waals surface area contributed by atoms with E-state index in [0.717, 1.165) is 12.1 Å². The van der Waals surface area contributed by atoms with Crippen LogP contribution in [-0.4, -0.2) is 15.7 Å². The summed E-state index contributed by atoms with van der Waals surface area (Å²) in [5, 5.41) is 3.62. The summed E-state index contributed by atoms with van der Waals surface area (Å²) >= 11 is 0. The van der Waals surface area contributed by atoms with Crippen molar-refractivity contribution in [3.8, 4) is 11.4 Å². The Kier molecular flexibility index (Phi) is 3.80. The van der Waals surface area contributed by atoms with E-state index in [1.807, 2.05) is 13.8 Å². The molecule has 0 amide bonds. The Balaban J connectivity index is 2.21. The fraction of sp³-hybridized carbons (Fsp3) is 0.385. The van der Waals surface area contributed by atoms with E-state index < -0.39 is 17.5 Å². The van der Waals surface area contributed by atoms with E-state index in [2.05, 4.69) is 10.1 Å².